The van der Waals surface area contributed by atoms with Crippen molar-refractivity contribution in [3.8, 4) is 5.88 Å². The van der Waals surface area contributed by atoms with Gasteiger partial charge in [0.2, 0.25) is 5.88 Å². The maximum atomic E-state index is 12.5. The molecule has 0 saturated carbocycles. The lowest BCUT2D eigenvalue weighted by atomic mass is 9.85. The number of fused-ring (bicyclic) bond motifs is 3. The van der Waals surface area contributed by atoms with E-state index in [1.807, 2.05) is 36.4 Å². The van der Waals surface area contributed by atoms with Crippen LogP contribution in [0.15, 0.2) is 70.8 Å². The van der Waals surface area contributed by atoms with Crippen LogP contribution in [0.1, 0.15) is 42.5 Å². The molecule has 5 rings (SSSR count). The van der Waals surface area contributed by atoms with Gasteiger partial charge in [0, 0.05) is 12.0 Å². The van der Waals surface area contributed by atoms with Gasteiger partial charge in [0.15, 0.2) is 17.3 Å². The molecule has 1 aromatic carbocycles. The molecule has 1 aliphatic rings. The third-order valence-electron chi connectivity index (χ3n) is 5.05. The Bertz CT molecular complexity index is 1240. The summed E-state index contributed by atoms with van der Waals surface area (Å²) in [6, 6.07) is 13.7. The van der Waals surface area contributed by atoms with Crippen LogP contribution in [0, 0.1) is 0 Å². The summed E-state index contributed by atoms with van der Waals surface area (Å²) in [5.41, 5.74) is 2.94. The van der Waals surface area contributed by atoms with Gasteiger partial charge in [-0.2, -0.15) is 0 Å². The summed E-state index contributed by atoms with van der Waals surface area (Å²) < 4.78 is 13.2. The zero-order chi connectivity index (χ0) is 20.0. The van der Waals surface area contributed by atoms with E-state index in [-0.39, 0.29) is 5.78 Å². The third-order valence-corrected chi connectivity index (χ3v) is 5.05. The zero-order valence-electron chi connectivity index (χ0n) is 16.0. The highest BCUT2D eigenvalue weighted by molar-refractivity contribution is 5.97. The number of ether oxygens (including phenoxy) is 1. The van der Waals surface area contributed by atoms with E-state index >= 15 is 0 Å². The molecule has 3 aromatic heterocycles. The summed E-state index contributed by atoms with van der Waals surface area (Å²) in [6.45, 7) is 3.30. The molecule has 1 atom stereocenters. The van der Waals surface area contributed by atoms with Crippen molar-refractivity contribution in [2.45, 2.75) is 26.2 Å². The molecule has 4 aromatic rings. The number of rotatable bonds is 4. The summed E-state index contributed by atoms with van der Waals surface area (Å²) in [5, 5.41) is 4.58. The van der Waals surface area contributed by atoms with Crippen LogP contribution in [-0.4, -0.2) is 25.4 Å². The molecule has 0 radical (unpaired) electrons. The Morgan fingerprint density at radius 2 is 2.00 bits per heavy atom. The lowest BCUT2D eigenvalue weighted by molar-refractivity contribution is -0.114. The highest BCUT2D eigenvalue weighted by Crippen LogP contribution is 2.44. The lowest BCUT2D eigenvalue weighted by Gasteiger charge is -2.26. The van der Waals surface area contributed by atoms with Gasteiger partial charge in [0.25, 0.3) is 0 Å². The average molecular weight is 386 g/mol. The second-order valence-corrected chi connectivity index (χ2v) is 7.00. The predicted molar refractivity (Wildman–Crippen MR) is 105 cm³/mol. The van der Waals surface area contributed by atoms with E-state index in [1.54, 1.807) is 30.1 Å². The second kappa shape index (κ2) is 6.70. The van der Waals surface area contributed by atoms with Gasteiger partial charge in [0.1, 0.15) is 17.8 Å². The molecule has 0 N–H and O–H groups in total. The van der Waals surface area contributed by atoms with Crippen LogP contribution in [-0.2, 0) is 11.2 Å². The fourth-order valence-electron chi connectivity index (χ4n) is 3.83. The fourth-order valence-corrected chi connectivity index (χ4v) is 3.83. The minimum atomic E-state index is -0.448. The molecule has 7 nitrogen and oxygen atoms in total. The number of hydrogen-bond donors (Lipinski definition) is 0. The summed E-state index contributed by atoms with van der Waals surface area (Å²) in [7, 11) is 0. The number of benzene rings is 1. The van der Waals surface area contributed by atoms with Crippen molar-refractivity contribution in [3.63, 3.8) is 0 Å². The van der Waals surface area contributed by atoms with Gasteiger partial charge in [-0.05, 0) is 31.5 Å². The van der Waals surface area contributed by atoms with Gasteiger partial charge in [0.05, 0.1) is 17.7 Å². The number of furan rings is 1. The molecule has 0 bridgehead atoms. The molecule has 0 aliphatic carbocycles. The number of aromatic nitrogens is 4. The van der Waals surface area contributed by atoms with E-state index < -0.39 is 5.92 Å². The van der Waals surface area contributed by atoms with E-state index in [0.29, 0.717) is 46.4 Å². The molecular formula is C22H18N4O3. The molecule has 144 valence electrons. The Balaban J connectivity index is 1.69. The Hall–Kier alpha value is -3.74. The number of carbonyl (C=O) groups is 1. The molecular weight excluding hydrogens is 368 g/mol. The number of allylic oxidation sites excluding steroid dienone is 2. The molecule has 7 heteroatoms. The standard InChI is InChI=1S/C22H18N4O3/c1-13(27)18-14(2)29-22-20(19(18)16-9-6-10-28-16)21-24-17(25-26(21)12-23-22)11-15-7-4-3-5-8-15/h3-10,12,19H,11H2,1-2H3/t19-/m1/s1. The maximum absolute atomic E-state index is 12.5. The second-order valence-electron chi connectivity index (χ2n) is 7.00. The maximum Gasteiger partial charge on any atom is 0.228 e. The zero-order valence-corrected chi connectivity index (χ0v) is 16.0. The molecule has 0 fully saturated rings. The third kappa shape index (κ3) is 2.91. The van der Waals surface area contributed by atoms with E-state index in [2.05, 4.69) is 10.1 Å². The van der Waals surface area contributed by atoms with Crippen molar-refractivity contribution in [1.29, 1.82) is 0 Å². The Labute approximate surface area is 166 Å². The molecule has 1 aliphatic heterocycles. The first-order valence-corrected chi connectivity index (χ1v) is 9.33. The van der Waals surface area contributed by atoms with Crippen molar-refractivity contribution < 1.29 is 13.9 Å². The highest BCUT2D eigenvalue weighted by Gasteiger charge is 2.37. The van der Waals surface area contributed by atoms with Gasteiger partial charge in [-0.1, -0.05) is 30.3 Å². The molecule has 0 unspecified atom stereocenters. The minimum Gasteiger partial charge on any atom is -0.468 e. The molecule has 29 heavy (non-hydrogen) atoms. The molecule has 0 saturated heterocycles. The topological polar surface area (TPSA) is 82.5 Å². The molecule has 4 heterocycles. The quantitative estimate of drug-likeness (QED) is 0.532. The van der Waals surface area contributed by atoms with E-state index in [9.17, 15) is 4.79 Å². The van der Waals surface area contributed by atoms with E-state index in [0.717, 1.165) is 5.56 Å². The Morgan fingerprint density at radius 3 is 2.72 bits per heavy atom. The van der Waals surface area contributed by atoms with Crippen LogP contribution in [0.3, 0.4) is 0 Å². The first kappa shape index (κ1) is 17.4. The summed E-state index contributed by atoms with van der Waals surface area (Å²) in [6.07, 6.45) is 3.77. The number of ketones is 1. The lowest BCUT2D eigenvalue weighted by Crippen LogP contribution is -2.21. The summed E-state index contributed by atoms with van der Waals surface area (Å²) in [4.78, 5) is 21.6. The minimum absolute atomic E-state index is 0.0828. The average Bonchev–Trinajstić information content (AvgIpc) is 3.36. The van der Waals surface area contributed by atoms with Crippen molar-refractivity contribution in [1.82, 2.24) is 19.6 Å². The SMILES string of the molecule is CC(=O)C1=C(C)Oc2ncn3nc(Cc4ccccc4)nc3c2[C@@H]1c1ccco1. The smallest absolute Gasteiger partial charge is 0.228 e. The first-order chi connectivity index (χ1) is 14.1. The number of hydrogen-bond acceptors (Lipinski definition) is 6. The fraction of sp³-hybridized carbons (Fsp3) is 0.182. The van der Waals surface area contributed by atoms with Crippen LogP contribution >= 0.6 is 0 Å². The van der Waals surface area contributed by atoms with E-state index in [4.69, 9.17) is 14.1 Å². The van der Waals surface area contributed by atoms with Crippen molar-refractivity contribution in [2.75, 3.05) is 0 Å². The Morgan fingerprint density at radius 1 is 1.17 bits per heavy atom. The highest BCUT2D eigenvalue weighted by atomic mass is 16.5. The van der Waals surface area contributed by atoms with Crippen LogP contribution in [0.4, 0.5) is 0 Å². The first-order valence-electron chi connectivity index (χ1n) is 9.33. The van der Waals surface area contributed by atoms with Crippen LogP contribution < -0.4 is 4.74 Å². The largest absolute Gasteiger partial charge is 0.468 e. The van der Waals surface area contributed by atoms with Gasteiger partial charge >= 0.3 is 0 Å². The van der Waals surface area contributed by atoms with Crippen LogP contribution in [0.25, 0.3) is 5.65 Å². The van der Waals surface area contributed by atoms with Crippen molar-refractivity contribution in [2.24, 2.45) is 0 Å². The van der Waals surface area contributed by atoms with Crippen molar-refractivity contribution >= 4 is 11.4 Å². The van der Waals surface area contributed by atoms with Crippen LogP contribution in [0.5, 0.6) is 5.88 Å². The number of nitrogens with zero attached hydrogens (tertiary/aromatic N) is 4. The molecule has 0 spiro atoms. The summed E-state index contributed by atoms with van der Waals surface area (Å²) in [5.74, 6) is 1.71. The number of Topliss-reactive ketones (excluding diaryl/α,β-unsaturated/α-hetero) is 1. The van der Waals surface area contributed by atoms with Gasteiger partial charge < -0.3 is 9.15 Å². The monoisotopic (exact) mass is 386 g/mol. The Kier molecular flexibility index (Phi) is 4.01. The van der Waals surface area contributed by atoms with Crippen LogP contribution in [0.2, 0.25) is 0 Å². The van der Waals surface area contributed by atoms with Gasteiger partial charge in [-0.15, -0.1) is 5.10 Å². The van der Waals surface area contributed by atoms with Gasteiger partial charge in [-0.25, -0.2) is 14.5 Å². The molecule has 0 amide bonds. The summed E-state index contributed by atoms with van der Waals surface area (Å²) >= 11 is 0. The van der Waals surface area contributed by atoms with E-state index in [1.165, 1.54) is 6.92 Å². The van der Waals surface area contributed by atoms with Gasteiger partial charge in [-0.3, -0.25) is 4.79 Å². The van der Waals surface area contributed by atoms with Crippen molar-refractivity contribution in [3.05, 3.63) is 89.1 Å². The number of carbonyl (C=O) groups excluding carboxylic acids is 1. The predicted octanol–water partition coefficient (Wildman–Crippen LogP) is 3.70. The normalized spacial score (nSPS) is 16.0.